The number of likely N-dealkylation sites (N-methyl/N-ethyl adjacent to an activating group) is 1. The molecule has 0 aliphatic heterocycles. The summed E-state index contributed by atoms with van der Waals surface area (Å²) in [5.41, 5.74) is 2.91. The molecule has 2 N–H and O–H groups in total. The van der Waals surface area contributed by atoms with Crippen LogP contribution in [0.2, 0.25) is 0 Å². The van der Waals surface area contributed by atoms with E-state index in [0.717, 1.165) is 24.9 Å². The van der Waals surface area contributed by atoms with E-state index in [1.165, 1.54) is 29.5 Å². The van der Waals surface area contributed by atoms with Gasteiger partial charge in [0.15, 0.2) is 15.0 Å². The molecule has 4 rings (SSSR count). The number of hydrogen-bond acceptors (Lipinski definition) is 10. The average Bonchev–Trinajstić information content (AvgIpc) is 3.44. The van der Waals surface area contributed by atoms with Crippen LogP contribution in [-0.4, -0.2) is 67.7 Å². The van der Waals surface area contributed by atoms with Crippen molar-refractivity contribution in [1.29, 1.82) is 0 Å². The second-order valence-electron chi connectivity index (χ2n) is 9.08. The summed E-state index contributed by atoms with van der Waals surface area (Å²) >= 11 is 1.31. The summed E-state index contributed by atoms with van der Waals surface area (Å²) in [6.45, 7) is 6.83. The zero-order valence-corrected chi connectivity index (χ0v) is 24.6. The summed E-state index contributed by atoms with van der Waals surface area (Å²) < 4.78 is 30.3. The Morgan fingerprint density at radius 1 is 0.976 bits per heavy atom. The summed E-state index contributed by atoms with van der Waals surface area (Å²) in [7, 11) is -3.60. The number of pyridine rings is 1. The van der Waals surface area contributed by atoms with Crippen LogP contribution >= 0.6 is 11.3 Å². The van der Waals surface area contributed by atoms with Gasteiger partial charge in [0.25, 0.3) is 5.91 Å². The zero-order chi connectivity index (χ0) is 29.4. The molecule has 0 unspecified atom stereocenters. The van der Waals surface area contributed by atoms with Crippen molar-refractivity contribution in [2.24, 2.45) is 0 Å². The van der Waals surface area contributed by atoms with Gasteiger partial charge < -0.3 is 20.3 Å². The molecule has 12 heteroatoms. The molecule has 0 bridgehead atoms. The van der Waals surface area contributed by atoms with E-state index in [-0.39, 0.29) is 16.1 Å². The molecule has 1 amide bonds. The fourth-order valence-electron chi connectivity index (χ4n) is 3.98. The molecule has 2 heterocycles. The van der Waals surface area contributed by atoms with Crippen LogP contribution in [0.4, 0.5) is 16.5 Å². The predicted octanol–water partition coefficient (Wildman–Crippen LogP) is 5.10. The maximum absolute atomic E-state index is 13.0. The highest BCUT2D eigenvalue weighted by molar-refractivity contribution is 7.90. The number of aromatic nitrogens is 2. The fraction of sp³-hybridized carbons (Fsp3) is 0.241. The Hall–Kier alpha value is -4.13. The monoisotopic (exact) mass is 593 g/mol. The third kappa shape index (κ3) is 7.97. The fourth-order valence-corrected chi connectivity index (χ4v) is 5.53. The van der Waals surface area contributed by atoms with E-state index in [2.05, 4.69) is 39.3 Å². The molecule has 0 saturated carbocycles. The normalized spacial score (nSPS) is 11.3. The molecule has 214 valence electrons. The van der Waals surface area contributed by atoms with Gasteiger partial charge in [-0.15, -0.1) is 11.3 Å². The van der Waals surface area contributed by atoms with Crippen LogP contribution in [0.3, 0.4) is 0 Å². The van der Waals surface area contributed by atoms with Gasteiger partial charge in [-0.3, -0.25) is 9.78 Å². The minimum atomic E-state index is -3.60. The van der Waals surface area contributed by atoms with Gasteiger partial charge in [-0.05, 0) is 67.7 Å². The lowest BCUT2D eigenvalue weighted by Gasteiger charge is -2.17. The van der Waals surface area contributed by atoms with Gasteiger partial charge in [-0.25, -0.2) is 18.2 Å². The van der Waals surface area contributed by atoms with E-state index in [4.69, 9.17) is 4.74 Å². The second-order valence-corrected chi connectivity index (χ2v) is 11.9. The molecule has 0 atom stereocenters. The number of carbonyl (C=O) groups excluding carboxylic acids is 2. The maximum Gasteiger partial charge on any atom is 0.338 e. The Balaban J connectivity index is 1.45. The molecule has 0 radical (unpaired) electrons. The standard InChI is InChI=1S/C29H31N5O5S2/c1-4-34(5-2)16-17-39-28(36)21-6-9-23(10-7-21)31-27(35)22-8-11-26(41(3,37)38)24(18-22)32-29-33-25(19-40-29)20-12-14-30-15-13-20/h6-15,18-19H,4-5,16-17H2,1-3H3,(H,31,35)(H,32,33). The van der Waals surface area contributed by atoms with Crippen molar-refractivity contribution in [2.45, 2.75) is 18.7 Å². The Labute approximate surface area is 243 Å². The van der Waals surface area contributed by atoms with Crippen molar-refractivity contribution in [1.82, 2.24) is 14.9 Å². The molecule has 0 aliphatic rings. The number of esters is 1. The Bertz CT molecular complexity index is 1600. The molecule has 0 fully saturated rings. The molecule has 0 saturated heterocycles. The van der Waals surface area contributed by atoms with E-state index in [1.54, 1.807) is 36.7 Å². The number of rotatable bonds is 12. The number of thiazole rings is 1. The molecular weight excluding hydrogens is 562 g/mol. The van der Waals surface area contributed by atoms with Gasteiger partial charge >= 0.3 is 5.97 Å². The number of amides is 1. The quantitative estimate of drug-likeness (QED) is 0.215. The van der Waals surface area contributed by atoms with Crippen LogP contribution in [0.1, 0.15) is 34.6 Å². The molecule has 4 aromatic rings. The Morgan fingerprint density at radius 3 is 2.32 bits per heavy atom. The first-order valence-corrected chi connectivity index (χ1v) is 15.7. The van der Waals surface area contributed by atoms with E-state index in [9.17, 15) is 18.0 Å². The summed E-state index contributed by atoms with van der Waals surface area (Å²) in [5.74, 6) is -0.879. The SMILES string of the molecule is CCN(CC)CCOC(=O)c1ccc(NC(=O)c2ccc(S(C)(=O)=O)c(Nc3nc(-c4ccncc4)cs3)c2)cc1. The van der Waals surface area contributed by atoms with Crippen molar-refractivity contribution in [3.8, 4) is 11.3 Å². The van der Waals surface area contributed by atoms with Gasteiger partial charge in [-0.1, -0.05) is 13.8 Å². The van der Waals surface area contributed by atoms with Crippen LogP contribution in [-0.2, 0) is 14.6 Å². The van der Waals surface area contributed by atoms with Gasteiger partial charge in [0.05, 0.1) is 21.8 Å². The first-order chi connectivity index (χ1) is 19.7. The van der Waals surface area contributed by atoms with Crippen LogP contribution in [0, 0.1) is 0 Å². The van der Waals surface area contributed by atoms with Gasteiger partial charge in [0, 0.05) is 47.4 Å². The average molecular weight is 594 g/mol. The molecule has 2 aromatic heterocycles. The first kappa shape index (κ1) is 29.8. The van der Waals surface area contributed by atoms with Crippen LogP contribution in [0.5, 0.6) is 0 Å². The minimum absolute atomic E-state index is 0.0403. The number of benzene rings is 2. The number of sulfone groups is 1. The molecule has 2 aromatic carbocycles. The molecule has 0 aliphatic carbocycles. The summed E-state index contributed by atoms with van der Waals surface area (Å²) in [6, 6.07) is 14.3. The Morgan fingerprint density at radius 2 is 1.66 bits per heavy atom. The zero-order valence-electron chi connectivity index (χ0n) is 23.0. The highest BCUT2D eigenvalue weighted by Crippen LogP contribution is 2.31. The molecule has 10 nitrogen and oxygen atoms in total. The molecular formula is C29H31N5O5S2. The summed E-state index contributed by atoms with van der Waals surface area (Å²) in [5, 5.41) is 8.15. The summed E-state index contributed by atoms with van der Waals surface area (Å²) in [6.07, 6.45) is 4.44. The highest BCUT2D eigenvalue weighted by atomic mass is 32.2. The van der Waals surface area contributed by atoms with Crippen molar-refractivity contribution in [3.05, 3.63) is 83.5 Å². The third-order valence-corrected chi connectivity index (χ3v) is 8.19. The Kier molecular flexibility index (Phi) is 9.82. The van der Waals surface area contributed by atoms with Crippen molar-refractivity contribution < 1.29 is 22.7 Å². The lowest BCUT2D eigenvalue weighted by molar-refractivity contribution is 0.0466. The van der Waals surface area contributed by atoms with Gasteiger partial charge in [0.1, 0.15) is 6.61 Å². The van der Waals surface area contributed by atoms with Crippen molar-refractivity contribution in [3.63, 3.8) is 0 Å². The van der Waals surface area contributed by atoms with E-state index in [1.807, 2.05) is 17.5 Å². The number of nitrogens with one attached hydrogen (secondary N) is 2. The summed E-state index contributed by atoms with van der Waals surface area (Å²) in [4.78, 5) is 36.1. The third-order valence-electron chi connectivity index (χ3n) is 6.28. The van der Waals surface area contributed by atoms with Crippen LogP contribution in [0.15, 0.2) is 77.3 Å². The van der Waals surface area contributed by atoms with E-state index < -0.39 is 21.7 Å². The lowest BCUT2D eigenvalue weighted by Crippen LogP contribution is -2.27. The number of ether oxygens (including phenoxy) is 1. The van der Waals surface area contributed by atoms with Crippen LogP contribution < -0.4 is 10.6 Å². The number of carbonyl (C=O) groups is 2. The predicted molar refractivity (Wildman–Crippen MR) is 161 cm³/mol. The first-order valence-electron chi connectivity index (χ1n) is 13.0. The maximum atomic E-state index is 13.0. The van der Waals surface area contributed by atoms with Gasteiger partial charge in [0.2, 0.25) is 0 Å². The number of anilines is 3. The topological polar surface area (TPSA) is 131 Å². The van der Waals surface area contributed by atoms with E-state index in [0.29, 0.717) is 35.2 Å². The number of nitrogens with zero attached hydrogens (tertiary/aromatic N) is 3. The van der Waals surface area contributed by atoms with Crippen LogP contribution in [0.25, 0.3) is 11.3 Å². The van der Waals surface area contributed by atoms with Gasteiger partial charge in [-0.2, -0.15) is 0 Å². The lowest BCUT2D eigenvalue weighted by atomic mass is 10.1. The molecule has 41 heavy (non-hydrogen) atoms. The number of hydrogen-bond donors (Lipinski definition) is 2. The van der Waals surface area contributed by atoms with E-state index >= 15 is 0 Å². The second kappa shape index (κ2) is 13.5. The highest BCUT2D eigenvalue weighted by Gasteiger charge is 2.18. The van der Waals surface area contributed by atoms with Crippen molar-refractivity contribution >= 4 is 49.6 Å². The smallest absolute Gasteiger partial charge is 0.338 e. The largest absolute Gasteiger partial charge is 0.461 e. The van der Waals surface area contributed by atoms with Crippen molar-refractivity contribution in [2.75, 3.05) is 43.1 Å². The molecule has 0 spiro atoms. The minimum Gasteiger partial charge on any atom is -0.461 e.